The lowest BCUT2D eigenvalue weighted by Gasteiger charge is -2.26. The predicted octanol–water partition coefficient (Wildman–Crippen LogP) is 2.90. The Bertz CT molecular complexity index is 1390. The van der Waals surface area contributed by atoms with Gasteiger partial charge in [-0.25, -0.2) is 12.9 Å². The molecule has 0 spiro atoms. The van der Waals surface area contributed by atoms with Gasteiger partial charge in [-0.3, -0.25) is 9.58 Å². The van der Waals surface area contributed by atoms with E-state index in [1.165, 1.54) is 18.4 Å². The van der Waals surface area contributed by atoms with Gasteiger partial charge >= 0.3 is 0 Å². The van der Waals surface area contributed by atoms with Crippen LogP contribution in [0.3, 0.4) is 0 Å². The highest BCUT2D eigenvalue weighted by Gasteiger charge is 2.24. The van der Waals surface area contributed by atoms with E-state index in [1.807, 2.05) is 33.6 Å². The lowest BCUT2D eigenvalue weighted by Crippen LogP contribution is -2.39. The Balaban J connectivity index is 1.20. The second-order valence-electron chi connectivity index (χ2n) is 8.81. The Labute approximate surface area is 192 Å². The maximum atomic E-state index is 11.6. The Kier molecular flexibility index (Phi) is 4.92. The Hall–Kier alpha value is -3.24. The summed E-state index contributed by atoms with van der Waals surface area (Å²) in [7, 11) is -2.86. The van der Waals surface area contributed by atoms with E-state index in [4.69, 9.17) is 0 Å². The zero-order chi connectivity index (χ0) is 22.4. The van der Waals surface area contributed by atoms with Gasteiger partial charge in [0.25, 0.3) is 0 Å². The van der Waals surface area contributed by atoms with Crippen molar-refractivity contribution in [2.24, 2.45) is 0 Å². The number of fused-ring (bicyclic) bond motifs is 1. The van der Waals surface area contributed by atoms with Crippen molar-refractivity contribution in [3.63, 3.8) is 0 Å². The van der Waals surface area contributed by atoms with E-state index in [0.29, 0.717) is 25.1 Å². The Morgan fingerprint density at radius 3 is 2.58 bits per heavy atom. The number of benzene rings is 1. The standard InChI is InChI=1S/C23H25N7O2S/c31-33(32)12-10-28(11-13-33)15-17-4-6-18(7-5-17)21-2-1-3-22-26-23(27-30(21)22)25-19-14-24-29(16-19)20-8-9-20/h1-7,14,16,20H,8-13,15H2,(H,25,27). The van der Waals surface area contributed by atoms with E-state index in [9.17, 15) is 8.42 Å². The molecule has 9 nitrogen and oxygen atoms in total. The molecule has 1 saturated heterocycles. The van der Waals surface area contributed by atoms with E-state index in [0.717, 1.165) is 29.1 Å². The van der Waals surface area contributed by atoms with Crippen LogP contribution >= 0.6 is 0 Å². The highest BCUT2D eigenvalue weighted by atomic mass is 32.2. The number of hydrogen-bond acceptors (Lipinski definition) is 7. The Morgan fingerprint density at radius 2 is 1.82 bits per heavy atom. The molecule has 33 heavy (non-hydrogen) atoms. The molecule has 1 aromatic carbocycles. The van der Waals surface area contributed by atoms with Crippen LogP contribution in [0.2, 0.25) is 0 Å². The van der Waals surface area contributed by atoms with Crippen molar-refractivity contribution in [2.45, 2.75) is 25.4 Å². The molecule has 1 aliphatic heterocycles. The monoisotopic (exact) mass is 463 g/mol. The van der Waals surface area contributed by atoms with Crippen molar-refractivity contribution in [3.8, 4) is 11.3 Å². The van der Waals surface area contributed by atoms with E-state index in [2.05, 4.69) is 49.7 Å². The first-order valence-electron chi connectivity index (χ1n) is 11.2. The summed E-state index contributed by atoms with van der Waals surface area (Å²) in [5.74, 6) is 1.03. The number of hydrogen-bond donors (Lipinski definition) is 1. The van der Waals surface area contributed by atoms with Crippen LogP contribution in [0, 0.1) is 0 Å². The SMILES string of the molecule is O=S1(=O)CCN(Cc2ccc(-c3cccc4nc(Nc5cnn(C6CC6)c5)nn34)cc2)CC1. The van der Waals surface area contributed by atoms with Crippen LogP contribution in [-0.4, -0.2) is 62.3 Å². The lowest BCUT2D eigenvalue weighted by atomic mass is 10.1. The molecule has 10 heteroatoms. The fraction of sp³-hybridized carbons (Fsp3) is 0.348. The van der Waals surface area contributed by atoms with Gasteiger partial charge in [-0.2, -0.15) is 10.1 Å². The van der Waals surface area contributed by atoms with Crippen LogP contribution < -0.4 is 5.32 Å². The molecule has 4 heterocycles. The van der Waals surface area contributed by atoms with Crippen LogP contribution in [0.5, 0.6) is 0 Å². The van der Waals surface area contributed by atoms with Crippen molar-refractivity contribution in [1.82, 2.24) is 29.3 Å². The highest BCUT2D eigenvalue weighted by molar-refractivity contribution is 7.91. The van der Waals surface area contributed by atoms with Gasteiger partial charge in [-0.15, -0.1) is 5.10 Å². The average Bonchev–Trinajstić information content (AvgIpc) is 3.41. The molecule has 6 rings (SSSR count). The maximum Gasteiger partial charge on any atom is 0.247 e. The molecule has 1 saturated carbocycles. The quantitative estimate of drug-likeness (QED) is 0.470. The van der Waals surface area contributed by atoms with Crippen molar-refractivity contribution < 1.29 is 8.42 Å². The number of nitrogens with one attached hydrogen (secondary N) is 1. The molecular formula is C23H25N7O2S. The van der Waals surface area contributed by atoms with Crippen molar-refractivity contribution in [1.29, 1.82) is 0 Å². The first-order valence-corrected chi connectivity index (χ1v) is 13.0. The maximum absolute atomic E-state index is 11.6. The number of pyridine rings is 1. The van der Waals surface area contributed by atoms with E-state index in [1.54, 1.807) is 6.20 Å². The fourth-order valence-corrected chi connectivity index (χ4v) is 5.47. The van der Waals surface area contributed by atoms with Gasteiger partial charge in [0.05, 0.1) is 35.1 Å². The first kappa shape index (κ1) is 20.4. The lowest BCUT2D eigenvalue weighted by molar-refractivity contribution is 0.287. The summed E-state index contributed by atoms with van der Waals surface area (Å²) in [6, 6.07) is 14.8. The predicted molar refractivity (Wildman–Crippen MR) is 126 cm³/mol. The number of anilines is 2. The van der Waals surface area contributed by atoms with Gasteiger partial charge in [0.1, 0.15) is 0 Å². The smallest absolute Gasteiger partial charge is 0.247 e. The second-order valence-corrected chi connectivity index (χ2v) is 11.1. The number of aromatic nitrogens is 5. The minimum absolute atomic E-state index is 0.247. The van der Waals surface area contributed by atoms with Crippen LogP contribution in [0.1, 0.15) is 24.4 Å². The van der Waals surface area contributed by atoms with Crippen LogP contribution in [-0.2, 0) is 16.4 Å². The van der Waals surface area contributed by atoms with Crippen molar-refractivity contribution in [3.05, 3.63) is 60.4 Å². The molecule has 2 fully saturated rings. The van der Waals surface area contributed by atoms with E-state index in [-0.39, 0.29) is 11.5 Å². The Morgan fingerprint density at radius 1 is 1.03 bits per heavy atom. The summed E-state index contributed by atoms with van der Waals surface area (Å²) in [6.45, 7) is 1.95. The van der Waals surface area contributed by atoms with Crippen LogP contribution in [0.4, 0.5) is 11.6 Å². The van der Waals surface area contributed by atoms with Crippen molar-refractivity contribution in [2.75, 3.05) is 29.9 Å². The molecule has 0 unspecified atom stereocenters. The minimum Gasteiger partial charge on any atom is -0.320 e. The zero-order valence-corrected chi connectivity index (χ0v) is 18.9. The summed E-state index contributed by atoms with van der Waals surface area (Å²) in [5.41, 5.74) is 4.82. The molecule has 1 aliphatic carbocycles. The topological polar surface area (TPSA) is 97.4 Å². The summed E-state index contributed by atoms with van der Waals surface area (Å²) < 4.78 is 27.1. The molecule has 1 N–H and O–H groups in total. The molecule has 0 amide bonds. The molecule has 170 valence electrons. The number of nitrogens with zero attached hydrogens (tertiary/aromatic N) is 6. The highest BCUT2D eigenvalue weighted by Crippen LogP contribution is 2.34. The molecule has 0 atom stereocenters. The average molecular weight is 464 g/mol. The van der Waals surface area contributed by atoms with Gasteiger partial charge in [0, 0.05) is 31.4 Å². The normalized spacial score (nSPS) is 18.5. The third kappa shape index (κ3) is 4.36. The number of sulfone groups is 1. The molecule has 0 bridgehead atoms. The van der Waals surface area contributed by atoms with E-state index < -0.39 is 9.84 Å². The summed E-state index contributed by atoms with van der Waals surface area (Å²) in [6.07, 6.45) is 6.19. The largest absolute Gasteiger partial charge is 0.320 e. The second kappa shape index (κ2) is 7.96. The van der Waals surface area contributed by atoms with Gasteiger partial charge in [0.15, 0.2) is 15.5 Å². The van der Waals surface area contributed by atoms with Gasteiger partial charge < -0.3 is 5.32 Å². The first-order chi connectivity index (χ1) is 16.0. The summed E-state index contributed by atoms with van der Waals surface area (Å²) in [5, 5.41) is 12.3. The fourth-order valence-electron chi connectivity index (χ4n) is 4.19. The molecule has 3 aromatic heterocycles. The van der Waals surface area contributed by atoms with Gasteiger partial charge in [-0.1, -0.05) is 30.3 Å². The summed E-state index contributed by atoms with van der Waals surface area (Å²) in [4.78, 5) is 6.81. The number of rotatable bonds is 6. The van der Waals surface area contributed by atoms with Gasteiger partial charge in [-0.05, 0) is 30.5 Å². The van der Waals surface area contributed by atoms with Crippen LogP contribution in [0.15, 0.2) is 54.9 Å². The molecular weight excluding hydrogens is 438 g/mol. The molecule has 2 aliphatic rings. The third-order valence-electron chi connectivity index (χ3n) is 6.23. The molecule has 4 aromatic rings. The van der Waals surface area contributed by atoms with Crippen LogP contribution in [0.25, 0.3) is 16.9 Å². The van der Waals surface area contributed by atoms with Crippen molar-refractivity contribution >= 4 is 27.1 Å². The zero-order valence-electron chi connectivity index (χ0n) is 18.1. The van der Waals surface area contributed by atoms with Gasteiger partial charge in [0.2, 0.25) is 5.95 Å². The minimum atomic E-state index is -2.86. The van der Waals surface area contributed by atoms with E-state index >= 15 is 0 Å². The summed E-state index contributed by atoms with van der Waals surface area (Å²) >= 11 is 0. The third-order valence-corrected chi connectivity index (χ3v) is 7.84. The molecule has 0 radical (unpaired) electrons.